The summed E-state index contributed by atoms with van der Waals surface area (Å²) in [5, 5.41) is 5.83. The van der Waals surface area contributed by atoms with E-state index >= 15 is 0 Å². The molecule has 32 heavy (non-hydrogen) atoms. The van der Waals surface area contributed by atoms with Gasteiger partial charge in [-0.25, -0.2) is 0 Å². The minimum absolute atomic E-state index is 0.188. The molecule has 6 nitrogen and oxygen atoms in total. The Hall–Kier alpha value is -3.90. The minimum atomic E-state index is -0.936. The van der Waals surface area contributed by atoms with Crippen LogP contribution in [0.3, 0.4) is 0 Å². The number of rotatable bonds is 6. The molecule has 1 aliphatic rings. The van der Waals surface area contributed by atoms with Gasteiger partial charge >= 0.3 is 0 Å². The highest BCUT2D eigenvalue weighted by atomic mass is 16.7. The number of carbonyl (C=O) groups excluding carboxylic acids is 1. The summed E-state index contributed by atoms with van der Waals surface area (Å²) >= 11 is 0. The molecule has 1 aromatic heterocycles. The van der Waals surface area contributed by atoms with Crippen molar-refractivity contribution < 1.29 is 14.4 Å². The van der Waals surface area contributed by atoms with Crippen LogP contribution in [0.1, 0.15) is 32.7 Å². The van der Waals surface area contributed by atoms with Gasteiger partial charge in [0.2, 0.25) is 0 Å². The molecule has 0 N–H and O–H groups in total. The van der Waals surface area contributed by atoms with E-state index in [4.69, 9.17) is 9.57 Å². The predicted molar refractivity (Wildman–Crippen MR) is 120 cm³/mol. The van der Waals surface area contributed by atoms with E-state index in [2.05, 4.69) is 5.10 Å². The van der Waals surface area contributed by atoms with E-state index in [1.165, 1.54) is 12.2 Å². The number of benzene rings is 3. The molecule has 3 aromatic carbocycles. The van der Waals surface area contributed by atoms with E-state index in [9.17, 15) is 4.79 Å². The molecule has 2 heterocycles. The van der Waals surface area contributed by atoms with Crippen LogP contribution in [0, 0.1) is 0 Å². The van der Waals surface area contributed by atoms with Crippen LogP contribution < -0.4 is 4.74 Å². The van der Waals surface area contributed by atoms with Crippen LogP contribution in [0.15, 0.2) is 91.1 Å². The second-order valence-corrected chi connectivity index (χ2v) is 7.70. The second kappa shape index (κ2) is 7.98. The first-order valence-electron chi connectivity index (χ1n) is 10.4. The Labute approximate surface area is 186 Å². The van der Waals surface area contributed by atoms with Gasteiger partial charge in [-0.05, 0) is 35.4 Å². The Morgan fingerprint density at radius 3 is 2.12 bits per heavy atom. The lowest BCUT2D eigenvalue weighted by atomic mass is 9.77. The average molecular weight is 425 g/mol. The summed E-state index contributed by atoms with van der Waals surface area (Å²) in [6.45, 7) is 0.339. The van der Waals surface area contributed by atoms with Gasteiger partial charge in [0, 0.05) is 24.4 Å². The zero-order valence-corrected chi connectivity index (χ0v) is 17.9. The Bertz CT molecular complexity index is 1210. The first-order valence-corrected chi connectivity index (χ1v) is 10.4. The van der Waals surface area contributed by atoms with Crippen LogP contribution in [0.4, 0.5) is 0 Å². The smallest absolute Gasteiger partial charge is 0.279 e. The molecule has 0 radical (unpaired) electrons. The molecular weight excluding hydrogens is 402 g/mol. The number of hydrogen-bond donors (Lipinski definition) is 0. The van der Waals surface area contributed by atoms with E-state index in [0.29, 0.717) is 17.9 Å². The Kier molecular flexibility index (Phi) is 4.99. The van der Waals surface area contributed by atoms with Crippen LogP contribution in [0.2, 0.25) is 0 Å². The highest BCUT2D eigenvalue weighted by molar-refractivity contribution is 6.01. The summed E-state index contributed by atoms with van der Waals surface area (Å²) in [6.07, 6.45) is 1.88. The molecule has 1 amide bonds. The van der Waals surface area contributed by atoms with Crippen molar-refractivity contribution in [1.82, 2.24) is 14.8 Å². The number of amides is 1. The molecule has 0 unspecified atom stereocenters. The largest absolute Gasteiger partial charge is 0.487 e. The number of hydrogen-bond acceptors (Lipinski definition) is 4. The first-order chi connectivity index (χ1) is 15.6. The summed E-state index contributed by atoms with van der Waals surface area (Å²) in [5.74, 6) is 0.475. The Morgan fingerprint density at radius 2 is 1.56 bits per heavy atom. The number of ether oxygens (including phenoxy) is 1. The third-order valence-electron chi connectivity index (χ3n) is 5.82. The van der Waals surface area contributed by atoms with Gasteiger partial charge in [0.05, 0.1) is 12.8 Å². The van der Waals surface area contributed by atoms with Gasteiger partial charge in [-0.2, -0.15) is 10.2 Å². The molecule has 0 spiro atoms. The number of carbonyl (C=O) groups is 1. The molecule has 0 saturated carbocycles. The van der Waals surface area contributed by atoms with Crippen LogP contribution in [0.5, 0.6) is 5.75 Å². The summed E-state index contributed by atoms with van der Waals surface area (Å²) in [7, 11) is 3.40. The third-order valence-corrected chi connectivity index (χ3v) is 5.82. The normalized spacial score (nSPS) is 14.4. The summed E-state index contributed by atoms with van der Waals surface area (Å²) in [4.78, 5) is 19.2. The molecule has 0 atom stereocenters. The zero-order chi connectivity index (χ0) is 22.1. The topological polar surface area (TPSA) is 56.6 Å². The Balaban J connectivity index is 1.68. The standard InChI is InChI=1S/C26H23N3O3/c1-28-16-15-21(27-28)18-32-22-13-14-23-24(17-22)26(29(31-2)25(23)30,19-9-5-3-6-10-19)20-11-7-4-8-12-20/h3-17H,18H2,1-2H3. The monoisotopic (exact) mass is 425 g/mol. The maximum absolute atomic E-state index is 13.4. The number of hydroxylamine groups is 2. The third kappa shape index (κ3) is 3.08. The van der Waals surface area contributed by atoms with Crippen molar-refractivity contribution >= 4 is 5.91 Å². The molecule has 160 valence electrons. The van der Waals surface area contributed by atoms with Gasteiger partial charge in [-0.3, -0.25) is 14.3 Å². The lowest BCUT2D eigenvalue weighted by Crippen LogP contribution is -2.45. The summed E-state index contributed by atoms with van der Waals surface area (Å²) < 4.78 is 7.80. The van der Waals surface area contributed by atoms with Crippen molar-refractivity contribution in [3.05, 3.63) is 119 Å². The van der Waals surface area contributed by atoms with Crippen LogP contribution in [-0.4, -0.2) is 27.9 Å². The number of aromatic nitrogens is 2. The highest BCUT2D eigenvalue weighted by Gasteiger charge is 2.53. The Morgan fingerprint density at radius 1 is 0.906 bits per heavy atom. The van der Waals surface area contributed by atoms with E-state index in [1.54, 1.807) is 4.68 Å². The fourth-order valence-corrected chi connectivity index (χ4v) is 4.46. The fraction of sp³-hybridized carbons (Fsp3) is 0.154. The van der Waals surface area contributed by atoms with Crippen molar-refractivity contribution in [1.29, 1.82) is 0 Å². The number of fused-ring (bicyclic) bond motifs is 1. The molecule has 0 fully saturated rings. The van der Waals surface area contributed by atoms with E-state index in [1.807, 2.05) is 98.2 Å². The van der Waals surface area contributed by atoms with Gasteiger partial charge in [0.1, 0.15) is 17.9 Å². The van der Waals surface area contributed by atoms with Gasteiger partial charge in [0.25, 0.3) is 5.91 Å². The molecule has 5 rings (SSSR count). The van der Waals surface area contributed by atoms with Crippen LogP contribution >= 0.6 is 0 Å². The lowest BCUT2D eigenvalue weighted by Gasteiger charge is -2.38. The molecular formula is C26H23N3O3. The van der Waals surface area contributed by atoms with E-state index in [-0.39, 0.29) is 5.91 Å². The molecule has 1 aliphatic heterocycles. The number of nitrogens with zero attached hydrogens (tertiary/aromatic N) is 3. The van der Waals surface area contributed by atoms with Gasteiger partial charge < -0.3 is 4.74 Å². The maximum Gasteiger partial charge on any atom is 0.279 e. The molecule has 0 bridgehead atoms. The van der Waals surface area contributed by atoms with E-state index < -0.39 is 5.54 Å². The SMILES string of the molecule is CON1C(=O)c2ccc(OCc3ccn(C)n3)cc2C1(c1ccccc1)c1ccccc1. The molecule has 4 aromatic rings. The summed E-state index contributed by atoms with van der Waals surface area (Å²) in [6, 6.07) is 27.4. The zero-order valence-electron chi connectivity index (χ0n) is 17.9. The van der Waals surface area contributed by atoms with Crippen LogP contribution in [-0.2, 0) is 24.0 Å². The lowest BCUT2D eigenvalue weighted by molar-refractivity contribution is -0.134. The first kappa shape index (κ1) is 20.0. The number of aryl methyl sites for hydroxylation is 1. The molecule has 0 saturated heterocycles. The fourth-order valence-electron chi connectivity index (χ4n) is 4.46. The van der Waals surface area contributed by atoms with Crippen molar-refractivity contribution in [3.8, 4) is 5.75 Å². The predicted octanol–water partition coefficient (Wildman–Crippen LogP) is 4.31. The van der Waals surface area contributed by atoms with Gasteiger partial charge in [0.15, 0.2) is 0 Å². The van der Waals surface area contributed by atoms with Crippen molar-refractivity contribution in [3.63, 3.8) is 0 Å². The van der Waals surface area contributed by atoms with Gasteiger partial charge in [-0.1, -0.05) is 60.7 Å². The quantitative estimate of drug-likeness (QED) is 0.462. The van der Waals surface area contributed by atoms with Crippen LogP contribution in [0.25, 0.3) is 0 Å². The van der Waals surface area contributed by atoms with Gasteiger partial charge in [-0.15, -0.1) is 0 Å². The van der Waals surface area contributed by atoms with Crippen molar-refractivity contribution in [2.45, 2.75) is 12.1 Å². The molecule has 6 heteroatoms. The van der Waals surface area contributed by atoms with E-state index in [0.717, 1.165) is 22.4 Å². The second-order valence-electron chi connectivity index (χ2n) is 7.70. The minimum Gasteiger partial charge on any atom is -0.487 e. The van der Waals surface area contributed by atoms with Crippen molar-refractivity contribution in [2.24, 2.45) is 7.05 Å². The summed E-state index contributed by atoms with van der Waals surface area (Å²) in [5.41, 5.74) is 3.17. The highest BCUT2D eigenvalue weighted by Crippen LogP contribution is 2.49. The van der Waals surface area contributed by atoms with Crippen molar-refractivity contribution in [2.75, 3.05) is 7.11 Å². The molecule has 0 aliphatic carbocycles. The maximum atomic E-state index is 13.4. The average Bonchev–Trinajstić information content (AvgIpc) is 3.37.